The van der Waals surface area contributed by atoms with Gasteiger partial charge in [-0.15, -0.1) is 0 Å². The molecule has 0 spiro atoms. The fraction of sp³-hybridized carbons (Fsp3) is 0.0667. The number of phenolic OH excluding ortho intramolecular Hbond substituents is 1. The number of rotatable bonds is 1. The van der Waals surface area contributed by atoms with Crippen LogP contribution in [0.15, 0.2) is 47.3 Å². The van der Waals surface area contributed by atoms with Crippen molar-refractivity contribution in [3.8, 4) is 17.1 Å². The number of hydrogen-bond donors (Lipinski definition) is 2. The molecule has 0 aliphatic carbocycles. The Bertz CT molecular complexity index is 822. The van der Waals surface area contributed by atoms with E-state index < -0.39 is 0 Å². The molecule has 4 heteroatoms. The minimum absolute atomic E-state index is 0.110. The second-order valence-electron chi connectivity index (χ2n) is 4.45. The monoisotopic (exact) mass is 252 g/mol. The molecule has 4 nitrogen and oxygen atoms in total. The van der Waals surface area contributed by atoms with Gasteiger partial charge < -0.3 is 10.1 Å². The van der Waals surface area contributed by atoms with Gasteiger partial charge in [-0.3, -0.25) is 4.79 Å². The van der Waals surface area contributed by atoms with Crippen molar-refractivity contribution < 1.29 is 5.11 Å². The highest BCUT2D eigenvalue weighted by atomic mass is 16.3. The lowest BCUT2D eigenvalue weighted by Gasteiger charge is -2.06. The molecule has 0 radical (unpaired) electrons. The van der Waals surface area contributed by atoms with Gasteiger partial charge in [0.1, 0.15) is 11.6 Å². The third-order valence-corrected chi connectivity index (χ3v) is 3.02. The number of aryl methyl sites for hydroxylation is 1. The van der Waals surface area contributed by atoms with E-state index in [-0.39, 0.29) is 11.3 Å². The minimum atomic E-state index is -0.208. The molecule has 2 N–H and O–H groups in total. The van der Waals surface area contributed by atoms with Crippen molar-refractivity contribution in [1.29, 1.82) is 0 Å². The SMILES string of the molecule is Cc1ccc(-c2nc3ccccc3c(=O)[nH]2)c(O)c1. The van der Waals surface area contributed by atoms with Crippen molar-refractivity contribution in [3.63, 3.8) is 0 Å². The second-order valence-corrected chi connectivity index (χ2v) is 4.45. The third kappa shape index (κ3) is 1.97. The number of fused-ring (bicyclic) bond motifs is 1. The number of aromatic nitrogens is 2. The van der Waals surface area contributed by atoms with Gasteiger partial charge in [-0.05, 0) is 36.8 Å². The number of aromatic hydroxyl groups is 1. The zero-order chi connectivity index (χ0) is 13.4. The predicted molar refractivity (Wildman–Crippen MR) is 74.2 cm³/mol. The normalized spacial score (nSPS) is 10.8. The highest BCUT2D eigenvalue weighted by molar-refractivity contribution is 5.80. The van der Waals surface area contributed by atoms with Gasteiger partial charge in [-0.1, -0.05) is 18.2 Å². The Hall–Kier alpha value is -2.62. The molecule has 3 aromatic rings. The van der Waals surface area contributed by atoms with Gasteiger partial charge in [0.15, 0.2) is 0 Å². The first-order chi connectivity index (χ1) is 9.15. The number of benzene rings is 2. The van der Waals surface area contributed by atoms with E-state index in [9.17, 15) is 9.90 Å². The van der Waals surface area contributed by atoms with Gasteiger partial charge in [-0.25, -0.2) is 4.98 Å². The molecule has 0 unspecified atom stereocenters. The van der Waals surface area contributed by atoms with Gasteiger partial charge in [0.25, 0.3) is 5.56 Å². The van der Waals surface area contributed by atoms with Gasteiger partial charge >= 0.3 is 0 Å². The average Bonchev–Trinajstić information content (AvgIpc) is 2.38. The summed E-state index contributed by atoms with van der Waals surface area (Å²) in [4.78, 5) is 19.1. The maximum atomic E-state index is 12.0. The van der Waals surface area contributed by atoms with E-state index in [0.717, 1.165) is 5.56 Å². The summed E-state index contributed by atoms with van der Waals surface area (Å²) in [5.41, 5.74) is 1.87. The highest BCUT2D eigenvalue weighted by Crippen LogP contribution is 2.27. The first kappa shape index (κ1) is 11.5. The Morgan fingerprint density at radius 2 is 1.95 bits per heavy atom. The van der Waals surface area contributed by atoms with Crippen molar-refractivity contribution in [2.45, 2.75) is 6.92 Å². The smallest absolute Gasteiger partial charge is 0.259 e. The van der Waals surface area contributed by atoms with Crippen LogP contribution >= 0.6 is 0 Å². The third-order valence-electron chi connectivity index (χ3n) is 3.02. The largest absolute Gasteiger partial charge is 0.507 e. The summed E-state index contributed by atoms with van der Waals surface area (Å²) in [7, 11) is 0. The van der Waals surface area contributed by atoms with Gasteiger partial charge in [-0.2, -0.15) is 0 Å². The van der Waals surface area contributed by atoms with Gasteiger partial charge in [0.2, 0.25) is 0 Å². The second kappa shape index (κ2) is 4.24. The first-order valence-electron chi connectivity index (χ1n) is 5.94. The molecule has 2 aromatic carbocycles. The molecule has 94 valence electrons. The van der Waals surface area contributed by atoms with Gasteiger partial charge in [0.05, 0.1) is 16.5 Å². The Morgan fingerprint density at radius 3 is 2.74 bits per heavy atom. The van der Waals surface area contributed by atoms with E-state index in [0.29, 0.717) is 22.3 Å². The molecule has 0 saturated carbocycles. The van der Waals surface area contributed by atoms with E-state index >= 15 is 0 Å². The molecule has 3 rings (SSSR count). The molecule has 1 aromatic heterocycles. The Labute approximate surface area is 109 Å². The number of phenols is 1. The topological polar surface area (TPSA) is 66.0 Å². The Kier molecular flexibility index (Phi) is 2.56. The van der Waals surface area contributed by atoms with Crippen LogP contribution < -0.4 is 5.56 Å². The number of nitrogens with one attached hydrogen (secondary N) is 1. The molecule has 1 heterocycles. The van der Waals surface area contributed by atoms with Crippen molar-refractivity contribution in [2.75, 3.05) is 0 Å². The van der Waals surface area contributed by atoms with Crippen LogP contribution in [0.5, 0.6) is 5.75 Å². The summed E-state index contributed by atoms with van der Waals surface area (Å²) in [5.74, 6) is 0.486. The van der Waals surface area contributed by atoms with E-state index in [1.165, 1.54) is 0 Å². The lowest BCUT2D eigenvalue weighted by atomic mass is 10.1. The van der Waals surface area contributed by atoms with Crippen LogP contribution in [-0.4, -0.2) is 15.1 Å². The van der Waals surface area contributed by atoms with E-state index in [1.54, 1.807) is 30.3 Å². The summed E-state index contributed by atoms with van der Waals surface area (Å²) in [6.45, 7) is 1.89. The molecule has 0 aliphatic heterocycles. The number of para-hydroxylation sites is 1. The molecule has 19 heavy (non-hydrogen) atoms. The zero-order valence-electron chi connectivity index (χ0n) is 10.3. The van der Waals surface area contributed by atoms with Gasteiger partial charge in [0, 0.05) is 0 Å². The Balaban J connectivity index is 2.28. The van der Waals surface area contributed by atoms with Crippen LogP contribution in [0, 0.1) is 6.92 Å². The summed E-state index contributed by atoms with van der Waals surface area (Å²) in [5, 5.41) is 10.5. The molecule has 0 fully saturated rings. The average molecular weight is 252 g/mol. The molecule has 0 bridgehead atoms. The van der Waals surface area contributed by atoms with Crippen LogP contribution in [0.3, 0.4) is 0 Å². The summed E-state index contributed by atoms with van der Waals surface area (Å²) in [6.07, 6.45) is 0. The minimum Gasteiger partial charge on any atom is -0.507 e. The van der Waals surface area contributed by atoms with Crippen molar-refractivity contribution in [1.82, 2.24) is 9.97 Å². The van der Waals surface area contributed by atoms with Crippen molar-refractivity contribution in [3.05, 3.63) is 58.4 Å². The Morgan fingerprint density at radius 1 is 1.16 bits per heavy atom. The number of hydrogen-bond acceptors (Lipinski definition) is 3. The number of nitrogens with zero attached hydrogens (tertiary/aromatic N) is 1. The standard InChI is InChI=1S/C15H12N2O2/c1-9-6-7-11(13(18)8-9)14-16-12-5-3-2-4-10(12)15(19)17-14/h2-8,18H,1H3,(H,16,17,19). The van der Waals surface area contributed by atoms with E-state index in [2.05, 4.69) is 9.97 Å². The molecular weight excluding hydrogens is 240 g/mol. The van der Waals surface area contributed by atoms with Crippen molar-refractivity contribution in [2.24, 2.45) is 0 Å². The summed E-state index contributed by atoms with van der Waals surface area (Å²) < 4.78 is 0. The lowest BCUT2D eigenvalue weighted by molar-refractivity contribution is 0.476. The summed E-state index contributed by atoms with van der Waals surface area (Å²) in [6, 6.07) is 12.4. The van der Waals surface area contributed by atoms with Crippen LogP contribution in [0.4, 0.5) is 0 Å². The fourth-order valence-corrected chi connectivity index (χ4v) is 2.06. The molecular formula is C15H12N2O2. The predicted octanol–water partition coefficient (Wildman–Crippen LogP) is 2.60. The van der Waals surface area contributed by atoms with Crippen LogP contribution in [0.1, 0.15) is 5.56 Å². The molecule has 0 atom stereocenters. The zero-order valence-corrected chi connectivity index (χ0v) is 10.3. The quantitative estimate of drug-likeness (QED) is 0.699. The number of H-pyrrole nitrogens is 1. The maximum absolute atomic E-state index is 12.0. The molecule has 0 saturated heterocycles. The van der Waals surface area contributed by atoms with E-state index in [4.69, 9.17) is 0 Å². The van der Waals surface area contributed by atoms with Crippen LogP contribution in [0.25, 0.3) is 22.3 Å². The summed E-state index contributed by atoms with van der Waals surface area (Å²) >= 11 is 0. The highest BCUT2D eigenvalue weighted by Gasteiger charge is 2.09. The van der Waals surface area contributed by atoms with Crippen LogP contribution in [-0.2, 0) is 0 Å². The fourth-order valence-electron chi connectivity index (χ4n) is 2.06. The number of aromatic amines is 1. The molecule has 0 aliphatic rings. The van der Waals surface area contributed by atoms with Crippen molar-refractivity contribution >= 4 is 10.9 Å². The van der Waals surface area contributed by atoms with E-state index in [1.807, 2.05) is 19.1 Å². The first-order valence-corrected chi connectivity index (χ1v) is 5.94. The lowest BCUT2D eigenvalue weighted by Crippen LogP contribution is -2.09. The maximum Gasteiger partial charge on any atom is 0.259 e. The molecule has 0 amide bonds. The van der Waals surface area contributed by atoms with Crippen LogP contribution in [0.2, 0.25) is 0 Å².